The summed E-state index contributed by atoms with van der Waals surface area (Å²) in [5, 5.41) is 11.5. The summed E-state index contributed by atoms with van der Waals surface area (Å²) in [5.74, 6) is -0.255. The number of benzene rings is 1. The van der Waals surface area contributed by atoms with E-state index in [1.807, 2.05) is 30.3 Å². The third kappa shape index (κ3) is 5.81. The number of ether oxygens (including phenoxy) is 1. The van der Waals surface area contributed by atoms with Crippen molar-refractivity contribution < 1.29 is 19.4 Å². The summed E-state index contributed by atoms with van der Waals surface area (Å²) >= 11 is 0. The second-order valence-corrected chi connectivity index (χ2v) is 4.30. The van der Waals surface area contributed by atoms with Crippen molar-refractivity contribution in [3.8, 4) is 0 Å². The second-order valence-electron chi connectivity index (χ2n) is 4.30. The third-order valence-electron chi connectivity index (χ3n) is 2.70. The average molecular weight is 280 g/mol. The Bertz CT molecular complexity index is 422. The van der Waals surface area contributed by atoms with Crippen LogP contribution in [0.3, 0.4) is 0 Å². The summed E-state index contributed by atoms with van der Waals surface area (Å²) < 4.78 is 4.98. The van der Waals surface area contributed by atoms with Crippen LogP contribution in [-0.4, -0.2) is 36.2 Å². The molecule has 6 heteroatoms. The van der Waals surface area contributed by atoms with Crippen LogP contribution >= 0.6 is 0 Å². The Morgan fingerprint density at radius 1 is 1.30 bits per heavy atom. The quantitative estimate of drug-likeness (QED) is 0.646. The summed E-state index contributed by atoms with van der Waals surface area (Å²) in [6, 6.07) is 8.24. The molecular formula is C14H20N2O4. The number of nitrogens with one attached hydrogen (secondary N) is 1. The van der Waals surface area contributed by atoms with Gasteiger partial charge in [0.2, 0.25) is 0 Å². The third-order valence-corrected chi connectivity index (χ3v) is 2.70. The lowest BCUT2D eigenvalue weighted by Crippen LogP contribution is -2.43. The normalized spacial score (nSPS) is 11.7. The fraction of sp³-hybridized carbons (Fsp3) is 0.429. The monoisotopic (exact) mass is 280 g/mol. The van der Waals surface area contributed by atoms with Crippen molar-refractivity contribution in [3.63, 3.8) is 0 Å². The zero-order valence-electron chi connectivity index (χ0n) is 11.2. The Morgan fingerprint density at radius 2 is 2.00 bits per heavy atom. The van der Waals surface area contributed by atoms with Crippen molar-refractivity contribution in [2.24, 2.45) is 5.73 Å². The van der Waals surface area contributed by atoms with Crippen molar-refractivity contribution >= 4 is 11.9 Å². The Morgan fingerprint density at radius 3 is 2.60 bits per heavy atom. The molecule has 0 saturated carbocycles. The SMILES string of the molecule is NCCCC(=O)C(CO)NC(=O)OCc1ccccc1. The van der Waals surface area contributed by atoms with Gasteiger partial charge in [-0.2, -0.15) is 0 Å². The van der Waals surface area contributed by atoms with Gasteiger partial charge in [0.05, 0.1) is 6.61 Å². The molecule has 110 valence electrons. The Hall–Kier alpha value is -1.92. The predicted molar refractivity (Wildman–Crippen MR) is 73.9 cm³/mol. The van der Waals surface area contributed by atoms with Gasteiger partial charge in [0, 0.05) is 6.42 Å². The summed E-state index contributed by atoms with van der Waals surface area (Å²) in [6.45, 7) is 0.0496. The van der Waals surface area contributed by atoms with E-state index in [0.29, 0.717) is 13.0 Å². The lowest BCUT2D eigenvalue weighted by Gasteiger charge is -2.15. The first-order valence-corrected chi connectivity index (χ1v) is 6.48. The molecule has 1 amide bonds. The summed E-state index contributed by atoms with van der Waals surface area (Å²) in [7, 11) is 0. The van der Waals surface area contributed by atoms with Crippen LogP contribution in [0.5, 0.6) is 0 Å². The molecule has 0 fully saturated rings. The van der Waals surface area contributed by atoms with Crippen LogP contribution in [0, 0.1) is 0 Å². The molecule has 1 aromatic carbocycles. The van der Waals surface area contributed by atoms with Crippen molar-refractivity contribution in [3.05, 3.63) is 35.9 Å². The van der Waals surface area contributed by atoms with Gasteiger partial charge in [0.1, 0.15) is 12.6 Å². The highest BCUT2D eigenvalue weighted by molar-refractivity contribution is 5.87. The highest BCUT2D eigenvalue weighted by atomic mass is 16.5. The standard InChI is InChI=1S/C14H20N2O4/c15-8-4-7-13(18)12(9-17)16-14(19)20-10-11-5-2-1-3-6-11/h1-3,5-6,12,17H,4,7-10,15H2,(H,16,19). The fourth-order valence-corrected chi connectivity index (χ4v) is 1.59. The molecule has 0 aromatic heterocycles. The molecule has 0 saturated heterocycles. The first-order chi connectivity index (χ1) is 9.67. The average Bonchev–Trinajstić information content (AvgIpc) is 2.49. The molecule has 1 unspecified atom stereocenters. The van der Waals surface area contributed by atoms with E-state index in [0.717, 1.165) is 5.56 Å². The predicted octanol–water partition coefficient (Wildman–Crippen LogP) is 0.582. The fourth-order valence-electron chi connectivity index (χ4n) is 1.59. The van der Waals surface area contributed by atoms with Gasteiger partial charge in [0.25, 0.3) is 0 Å². The van der Waals surface area contributed by atoms with Gasteiger partial charge in [-0.15, -0.1) is 0 Å². The number of nitrogens with two attached hydrogens (primary N) is 1. The van der Waals surface area contributed by atoms with Crippen molar-refractivity contribution in [2.45, 2.75) is 25.5 Å². The van der Waals surface area contributed by atoms with Gasteiger partial charge < -0.3 is 20.9 Å². The van der Waals surface area contributed by atoms with Gasteiger partial charge in [-0.3, -0.25) is 4.79 Å². The van der Waals surface area contributed by atoms with Gasteiger partial charge in [-0.25, -0.2) is 4.79 Å². The summed E-state index contributed by atoms with van der Waals surface area (Å²) in [4.78, 5) is 23.2. The number of aliphatic hydroxyl groups excluding tert-OH is 1. The van der Waals surface area contributed by atoms with E-state index < -0.39 is 18.7 Å². The molecule has 6 nitrogen and oxygen atoms in total. The van der Waals surface area contributed by atoms with Crippen LogP contribution < -0.4 is 11.1 Å². The lowest BCUT2D eigenvalue weighted by atomic mass is 10.1. The summed E-state index contributed by atoms with van der Waals surface area (Å²) in [5.41, 5.74) is 6.15. The molecule has 1 atom stereocenters. The smallest absolute Gasteiger partial charge is 0.408 e. The van der Waals surface area contributed by atoms with Gasteiger partial charge >= 0.3 is 6.09 Å². The molecule has 1 aromatic rings. The molecular weight excluding hydrogens is 260 g/mol. The molecule has 0 aliphatic rings. The minimum absolute atomic E-state index is 0.113. The topological polar surface area (TPSA) is 102 Å². The van der Waals surface area contributed by atoms with E-state index in [4.69, 9.17) is 15.6 Å². The van der Waals surface area contributed by atoms with Crippen LogP contribution in [-0.2, 0) is 16.1 Å². The zero-order chi connectivity index (χ0) is 14.8. The van der Waals surface area contributed by atoms with Crippen molar-refractivity contribution in [1.29, 1.82) is 0 Å². The maximum atomic E-state index is 11.7. The number of hydrogen-bond donors (Lipinski definition) is 3. The number of alkyl carbamates (subject to hydrolysis) is 1. The molecule has 0 radical (unpaired) electrons. The minimum atomic E-state index is -0.940. The number of Topliss-reactive ketones (excluding diaryl/α,β-unsaturated/α-hetero) is 1. The van der Waals surface area contributed by atoms with Crippen LogP contribution in [0.25, 0.3) is 0 Å². The Kier molecular flexibility index (Phi) is 7.31. The van der Waals surface area contributed by atoms with Crippen molar-refractivity contribution in [1.82, 2.24) is 5.32 Å². The van der Waals surface area contributed by atoms with Crippen LogP contribution in [0.4, 0.5) is 4.79 Å². The van der Waals surface area contributed by atoms with E-state index in [1.165, 1.54) is 0 Å². The van der Waals surface area contributed by atoms with E-state index in [2.05, 4.69) is 5.32 Å². The largest absolute Gasteiger partial charge is 0.445 e. The summed E-state index contributed by atoms with van der Waals surface area (Å²) in [6.07, 6.45) is 0.0190. The second kappa shape index (κ2) is 9.06. The van der Waals surface area contributed by atoms with Crippen LogP contribution in [0.1, 0.15) is 18.4 Å². The number of amides is 1. The number of hydrogen-bond acceptors (Lipinski definition) is 5. The number of aliphatic hydroxyl groups is 1. The zero-order valence-corrected chi connectivity index (χ0v) is 11.2. The first-order valence-electron chi connectivity index (χ1n) is 6.48. The molecule has 0 heterocycles. The maximum Gasteiger partial charge on any atom is 0.408 e. The lowest BCUT2D eigenvalue weighted by molar-refractivity contribution is -0.121. The molecule has 4 N–H and O–H groups in total. The molecule has 1 rings (SSSR count). The van der Waals surface area contributed by atoms with Gasteiger partial charge in [-0.05, 0) is 18.5 Å². The van der Waals surface area contributed by atoms with Crippen molar-refractivity contribution in [2.75, 3.05) is 13.2 Å². The van der Waals surface area contributed by atoms with Crippen LogP contribution in [0.15, 0.2) is 30.3 Å². The Labute approximate surface area is 117 Å². The highest BCUT2D eigenvalue weighted by Crippen LogP contribution is 2.01. The maximum absolute atomic E-state index is 11.7. The highest BCUT2D eigenvalue weighted by Gasteiger charge is 2.19. The number of carbonyl (C=O) groups is 2. The van der Waals surface area contributed by atoms with Gasteiger partial charge in [0.15, 0.2) is 5.78 Å². The van der Waals surface area contributed by atoms with E-state index in [9.17, 15) is 9.59 Å². The van der Waals surface area contributed by atoms with Crippen LogP contribution in [0.2, 0.25) is 0 Å². The minimum Gasteiger partial charge on any atom is -0.445 e. The molecule has 0 aliphatic heterocycles. The van der Waals surface area contributed by atoms with E-state index in [1.54, 1.807) is 0 Å². The number of rotatable bonds is 8. The first kappa shape index (κ1) is 16.1. The molecule has 0 bridgehead atoms. The Balaban J connectivity index is 2.37. The molecule has 20 heavy (non-hydrogen) atoms. The number of ketones is 1. The van der Waals surface area contributed by atoms with Gasteiger partial charge in [-0.1, -0.05) is 30.3 Å². The molecule has 0 aliphatic carbocycles. The molecule has 0 spiro atoms. The van der Waals surface area contributed by atoms with E-state index >= 15 is 0 Å². The number of carbonyl (C=O) groups excluding carboxylic acids is 2. The van der Waals surface area contributed by atoms with E-state index in [-0.39, 0.29) is 18.8 Å².